The Kier molecular flexibility index (Phi) is 4.46. The number of hydrogen-bond donors (Lipinski definition) is 1. The second-order valence-electron chi connectivity index (χ2n) is 3.83. The minimum atomic E-state index is -0.534. The van der Waals surface area contributed by atoms with Crippen LogP contribution in [-0.2, 0) is 17.7 Å². The number of nitrogens with one attached hydrogen (secondary N) is 1. The fourth-order valence-corrected chi connectivity index (χ4v) is 2.43. The molecule has 0 aliphatic rings. The summed E-state index contributed by atoms with van der Waals surface area (Å²) in [5.74, 6) is 0.141. The van der Waals surface area contributed by atoms with E-state index in [-0.39, 0.29) is 5.82 Å². The molecular formula is C13H15N3O2S. The number of carbonyl (C=O) groups excluding carboxylic acids is 1. The maximum Gasteiger partial charge on any atom is 0.376 e. The molecule has 2 heterocycles. The molecule has 0 bridgehead atoms. The van der Waals surface area contributed by atoms with Crippen LogP contribution in [-0.4, -0.2) is 23.0 Å². The molecule has 0 fully saturated rings. The lowest BCUT2D eigenvalue weighted by Crippen LogP contribution is -2.09. The first-order valence-electron chi connectivity index (χ1n) is 5.95. The number of esters is 1. The Labute approximate surface area is 115 Å². The van der Waals surface area contributed by atoms with Crippen molar-refractivity contribution in [2.24, 2.45) is 0 Å². The molecular weight excluding hydrogens is 262 g/mol. The minimum Gasteiger partial charge on any atom is -0.463 e. The molecule has 2 aromatic heterocycles. The average Bonchev–Trinajstić information content (AvgIpc) is 2.92. The summed E-state index contributed by atoms with van der Waals surface area (Å²) in [6.45, 7) is 2.82. The van der Waals surface area contributed by atoms with Crippen molar-refractivity contribution in [1.82, 2.24) is 9.97 Å². The van der Waals surface area contributed by atoms with E-state index in [0.29, 0.717) is 12.4 Å². The van der Waals surface area contributed by atoms with Gasteiger partial charge in [0.15, 0.2) is 0 Å². The van der Waals surface area contributed by atoms with Gasteiger partial charge in [-0.1, -0.05) is 6.92 Å². The number of ether oxygens (including phenoxy) is 1. The van der Waals surface area contributed by atoms with E-state index in [1.165, 1.54) is 23.1 Å². The first-order chi connectivity index (χ1) is 9.22. The van der Waals surface area contributed by atoms with Crippen LogP contribution in [0.1, 0.15) is 27.3 Å². The highest BCUT2D eigenvalue weighted by Crippen LogP contribution is 2.18. The van der Waals surface area contributed by atoms with Gasteiger partial charge in [-0.15, -0.1) is 11.3 Å². The Bertz CT molecular complexity index is 569. The molecule has 0 amide bonds. The molecule has 0 spiro atoms. The topological polar surface area (TPSA) is 64.1 Å². The van der Waals surface area contributed by atoms with E-state index >= 15 is 0 Å². The maximum absolute atomic E-state index is 11.3. The van der Waals surface area contributed by atoms with E-state index in [0.717, 1.165) is 6.42 Å². The van der Waals surface area contributed by atoms with Gasteiger partial charge in [0.25, 0.3) is 0 Å². The molecule has 5 nitrogen and oxygen atoms in total. The van der Waals surface area contributed by atoms with Crippen LogP contribution >= 0.6 is 11.3 Å². The molecule has 0 aliphatic carbocycles. The number of rotatable bonds is 5. The molecule has 0 atom stereocenters. The van der Waals surface area contributed by atoms with E-state index in [1.54, 1.807) is 17.4 Å². The van der Waals surface area contributed by atoms with Crippen molar-refractivity contribution < 1.29 is 9.53 Å². The molecule has 0 aromatic carbocycles. The van der Waals surface area contributed by atoms with Gasteiger partial charge in [0, 0.05) is 16.0 Å². The van der Waals surface area contributed by atoms with Crippen molar-refractivity contribution in [3.8, 4) is 0 Å². The summed E-state index contributed by atoms with van der Waals surface area (Å²) in [6.07, 6.45) is 2.58. The van der Waals surface area contributed by atoms with Gasteiger partial charge in [0.2, 0.25) is 5.82 Å². The normalized spacial score (nSPS) is 10.2. The highest BCUT2D eigenvalue weighted by molar-refractivity contribution is 7.12. The van der Waals surface area contributed by atoms with E-state index in [9.17, 15) is 4.79 Å². The molecule has 2 rings (SSSR count). The summed E-state index contributed by atoms with van der Waals surface area (Å²) < 4.78 is 4.58. The van der Waals surface area contributed by atoms with Gasteiger partial charge in [0.05, 0.1) is 13.7 Å². The molecule has 0 unspecified atom stereocenters. The SMILES string of the molecule is CCc1ccc(CNc2ccnc(C(=O)OC)n2)s1. The fraction of sp³-hybridized carbons (Fsp3) is 0.308. The monoisotopic (exact) mass is 277 g/mol. The number of methoxy groups -OCH3 is 1. The van der Waals surface area contributed by atoms with Gasteiger partial charge in [-0.05, 0) is 24.6 Å². The lowest BCUT2D eigenvalue weighted by Gasteiger charge is -2.04. The van der Waals surface area contributed by atoms with E-state index in [4.69, 9.17) is 0 Å². The van der Waals surface area contributed by atoms with E-state index in [1.807, 2.05) is 0 Å². The van der Waals surface area contributed by atoms with Crippen molar-refractivity contribution in [1.29, 1.82) is 0 Å². The number of carbonyl (C=O) groups is 1. The van der Waals surface area contributed by atoms with Gasteiger partial charge < -0.3 is 10.1 Å². The van der Waals surface area contributed by atoms with Crippen LogP contribution in [0.2, 0.25) is 0 Å². The Morgan fingerprint density at radius 2 is 2.16 bits per heavy atom. The summed E-state index contributed by atoms with van der Waals surface area (Å²) in [5, 5.41) is 3.17. The third-order valence-corrected chi connectivity index (χ3v) is 3.76. The minimum absolute atomic E-state index is 0.0629. The quantitative estimate of drug-likeness (QED) is 0.851. The first-order valence-corrected chi connectivity index (χ1v) is 6.77. The van der Waals surface area contributed by atoms with Crippen LogP contribution in [0.25, 0.3) is 0 Å². The molecule has 6 heteroatoms. The maximum atomic E-state index is 11.3. The molecule has 100 valence electrons. The van der Waals surface area contributed by atoms with Crippen LogP contribution in [0, 0.1) is 0 Å². The second-order valence-corrected chi connectivity index (χ2v) is 5.09. The first kappa shape index (κ1) is 13.5. The molecule has 0 radical (unpaired) electrons. The van der Waals surface area contributed by atoms with Gasteiger partial charge >= 0.3 is 5.97 Å². The van der Waals surface area contributed by atoms with Crippen molar-refractivity contribution >= 4 is 23.1 Å². The summed E-state index contributed by atoms with van der Waals surface area (Å²) in [7, 11) is 1.31. The predicted octanol–water partition coefficient (Wildman–Crippen LogP) is 2.50. The zero-order valence-electron chi connectivity index (χ0n) is 10.8. The zero-order chi connectivity index (χ0) is 13.7. The largest absolute Gasteiger partial charge is 0.463 e. The van der Waals surface area contributed by atoms with Crippen molar-refractivity contribution in [2.45, 2.75) is 19.9 Å². The van der Waals surface area contributed by atoms with E-state index < -0.39 is 5.97 Å². The molecule has 19 heavy (non-hydrogen) atoms. The Morgan fingerprint density at radius 3 is 2.84 bits per heavy atom. The average molecular weight is 277 g/mol. The molecule has 2 aromatic rings. The lowest BCUT2D eigenvalue weighted by atomic mass is 10.3. The summed E-state index contributed by atoms with van der Waals surface area (Å²) in [6, 6.07) is 5.95. The van der Waals surface area contributed by atoms with Crippen LogP contribution in [0.15, 0.2) is 24.4 Å². The number of nitrogens with zero attached hydrogens (tertiary/aromatic N) is 2. The molecule has 0 aliphatic heterocycles. The lowest BCUT2D eigenvalue weighted by molar-refractivity contribution is 0.0587. The Morgan fingerprint density at radius 1 is 1.37 bits per heavy atom. The summed E-state index contributed by atoms with van der Waals surface area (Å²) in [4.78, 5) is 21.8. The van der Waals surface area contributed by atoms with Gasteiger partial charge in [-0.2, -0.15) is 0 Å². The number of thiophene rings is 1. The number of anilines is 1. The predicted molar refractivity (Wildman–Crippen MR) is 74.4 cm³/mol. The van der Waals surface area contributed by atoms with Gasteiger partial charge in [-0.25, -0.2) is 14.8 Å². The third-order valence-electron chi connectivity index (χ3n) is 2.53. The number of aryl methyl sites for hydroxylation is 1. The van der Waals surface area contributed by atoms with Crippen LogP contribution < -0.4 is 5.32 Å². The summed E-state index contributed by atoms with van der Waals surface area (Å²) in [5.41, 5.74) is 0. The highest BCUT2D eigenvalue weighted by Gasteiger charge is 2.09. The van der Waals surface area contributed by atoms with Crippen LogP contribution in [0.3, 0.4) is 0 Å². The third kappa shape index (κ3) is 3.51. The molecule has 1 N–H and O–H groups in total. The highest BCUT2D eigenvalue weighted by atomic mass is 32.1. The number of hydrogen-bond acceptors (Lipinski definition) is 6. The van der Waals surface area contributed by atoms with Crippen molar-refractivity contribution in [2.75, 3.05) is 12.4 Å². The molecule has 0 saturated heterocycles. The summed E-state index contributed by atoms with van der Waals surface area (Å²) >= 11 is 1.77. The van der Waals surface area contributed by atoms with Crippen molar-refractivity contribution in [3.05, 3.63) is 40.0 Å². The Balaban J connectivity index is 2.01. The second kappa shape index (κ2) is 6.29. The van der Waals surface area contributed by atoms with Crippen molar-refractivity contribution in [3.63, 3.8) is 0 Å². The van der Waals surface area contributed by atoms with Gasteiger partial charge in [0.1, 0.15) is 5.82 Å². The van der Waals surface area contributed by atoms with Crippen LogP contribution in [0.4, 0.5) is 5.82 Å². The Hall–Kier alpha value is -1.95. The number of aromatic nitrogens is 2. The van der Waals surface area contributed by atoms with Crippen LogP contribution in [0.5, 0.6) is 0 Å². The standard InChI is InChI=1S/C13H15N3O2S/c1-3-9-4-5-10(19-9)8-15-11-6-7-14-12(16-11)13(17)18-2/h4-7H,3,8H2,1-2H3,(H,14,15,16). The fourth-order valence-electron chi connectivity index (χ4n) is 1.53. The molecule has 0 saturated carbocycles. The van der Waals surface area contributed by atoms with E-state index in [2.05, 4.69) is 39.1 Å². The zero-order valence-corrected chi connectivity index (χ0v) is 11.7. The van der Waals surface area contributed by atoms with Gasteiger partial charge in [-0.3, -0.25) is 0 Å². The smallest absolute Gasteiger partial charge is 0.376 e.